The number of fused-ring (bicyclic) bond motifs is 9. The molecule has 3 aromatic heterocycles. The van der Waals surface area contributed by atoms with Crippen molar-refractivity contribution in [2.45, 2.75) is 0 Å². The summed E-state index contributed by atoms with van der Waals surface area (Å²) < 4.78 is 15.5. The molecule has 238 valence electrons. The average Bonchev–Trinajstić information content (AvgIpc) is 3.90. The van der Waals surface area contributed by atoms with Crippen LogP contribution in [-0.4, -0.2) is 9.55 Å². The maximum Gasteiger partial charge on any atom is 0.227 e. The van der Waals surface area contributed by atoms with Crippen molar-refractivity contribution in [3.63, 3.8) is 0 Å². The number of para-hydroxylation sites is 3. The lowest BCUT2D eigenvalue weighted by atomic mass is 9.98. The molecule has 3 heterocycles. The highest BCUT2D eigenvalue weighted by Gasteiger charge is 2.22. The van der Waals surface area contributed by atoms with E-state index in [4.69, 9.17) is 13.8 Å². The lowest BCUT2D eigenvalue weighted by Crippen LogP contribution is -1.92. The molecule has 0 saturated carbocycles. The Morgan fingerprint density at radius 1 is 0.431 bits per heavy atom. The maximum absolute atomic E-state index is 6.65. The van der Waals surface area contributed by atoms with Crippen LogP contribution in [0.4, 0.5) is 0 Å². The highest BCUT2D eigenvalue weighted by Crippen LogP contribution is 2.43. The van der Waals surface area contributed by atoms with Crippen molar-refractivity contribution >= 4 is 65.6 Å². The van der Waals surface area contributed by atoms with Crippen LogP contribution < -0.4 is 0 Å². The molecular weight excluding hydrogens is 625 g/mol. The van der Waals surface area contributed by atoms with Crippen molar-refractivity contribution < 1.29 is 8.83 Å². The van der Waals surface area contributed by atoms with E-state index in [1.807, 2.05) is 18.2 Å². The van der Waals surface area contributed by atoms with Crippen LogP contribution in [0.15, 0.2) is 179 Å². The molecule has 4 nitrogen and oxygen atoms in total. The summed E-state index contributed by atoms with van der Waals surface area (Å²) in [5.74, 6) is 0.581. The van der Waals surface area contributed by atoms with Gasteiger partial charge in [0.25, 0.3) is 0 Å². The van der Waals surface area contributed by atoms with Crippen LogP contribution in [-0.2, 0) is 0 Å². The van der Waals surface area contributed by atoms with Gasteiger partial charge in [-0.25, -0.2) is 4.98 Å². The van der Waals surface area contributed by atoms with E-state index in [-0.39, 0.29) is 0 Å². The molecule has 0 bridgehead atoms. The molecule has 0 aliphatic carbocycles. The number of nitrogens with zero attached hydrogens (tertiary/aromatic N) is 2. The molecule has 0 saturated heterocycles. The fraction of sp³-hybridized carbons (Fsp3) is 0. The van der Waals surface area contributed by atoms with E-state index in [2.05, 4.69) is 156 Å². The first-order chi connectivity index (χ1) is 25.3. The van der Waals surface area contributed by atoms with Crippen LogP contribution >= 0.6 is 0 Å². The number of aromatic nitrogens is 2. The van der Waals surface area contributed by atoms with Gasteiger partial charge in [0.2, 0.25) is 5.89 Å². The zero-order valence-electron chi connectivity index (χ0n) is 27.4. The summed E-state index contributed by atoms with van der Waals surface area (Å²) >= 11 is 0. The quantitative estimate of drug-likeness (QED) is 0.190. The number of hydrogen-bond donors (Lipinski definition) is 0. The summed E-state index contributed by atoms with van der Waals surface area (Å²) in [6, 6.07) is 59.6. The Kier molecular flexibility index (Phi) is 5.92. The molecule has 0 radical (unpaired) electrons. The average molecular weight is 653 g/mol. The van der Waals surface area contributed by atoms with Gasteiger partial charge in [0.15, 0.2) is 5.58 Å². The lowest BCUT2D eigenvalue weighted by Gasteiger charge is -2.09. The van der Waals surface area contributed by atoms with Gasteiger partial charge in [-0.05, 0) is 82.1 Å². The third kappa shape index (κ3) is 4.23. The van der Waals surface area contributed by atoms with Gasteiger partial charge in [0.05, 0.1) is 16.4 Å². The third-order valence-electron chi connectivity index (χ3n) is 10.2. The molecule has 0 amide bonds. The predicted octanol–water partition coefficient (Wildman–Crippen LogP) is 13.0. The molecule has 0 N–H and O–H groups in total. The van der Waals surface area contributed by atoms with Gasteiger partial charge in [-0.1, -0.05) is 115 Å². The molecule has 4 heteroatoms. The number of furan rings is 1. The van der Waals surface area contributed by atoms with Gasteiger partial charge < -0.3 is 13.4 Å². The van der Waals surface area contributed by atoms with Gasteiger partial charge in [-0.3, -0.25) is 0 Å². The van der Waals surface area contributed by atoms with E-state index in [0.29, 0.717) is 5.89 Å². The minimum absolute atomic E-state index is 0.581. The highest BCUT2D eigenvalue weighted by molar-refractivity contribution is 6.21. The Labute approximate surface area is 292 Å². The monoisotopic (exact) mass is 652 g/mol. The Balaban J connectivity index is 1.06. The van der Waals surface area contributed by atoms with E-state index in [1.54, 1.807) is 0 Å². The van der Waals surface area contributed by atoms with E-state index in [9.17, 15) is 0 Å². The third-order valence-corrected chi connectivity index (χ3v) is 10.2. The summed E-state index contributed by atoms with van der Waals surface area (Å²) in [6.45, 7) is 0. The zero-order valence-corrected chi connectivity index (χ0v) is 27.4. The Morgan fingerprint density at radius 3 is 2.02 bits per heavy atom. The molecule has 0 unspecified atom stereocenters. The molecule has 0 fully saturated rings. The minimum Gasteiger partial charge on any atom is -0.455 e. The second-order valence-electron chi connectivity index (χ2n) is 13.1. The topological polar surface area (TPSA) is 44.1 Å². The molecule has 0 atom stereocenters. The summed E-state index contributed by atoms with van der Waals surface area (Å²) in [6.07, 6.45) is 0. The molecule has 11 rings (SSSR count). The predicted molar refractivity (Wildman–Crippen MR) is 209 cm³/mol. The Morgan fingerprint density at radius 2 is 1.14 bits per heavy atom. The SMILES string of the molecule is c1ccc(-n2c3ccccc3c3c(-c4ccc(-c5nc6cc(-c7ccc8ccccc8c7)c7oc8ccccc8c7c6o5)cc4)cccc32)cc1. The second-order valence-corrected chi connectivity index (χ2v) is 13.1. The van der Waals surface area contributed by atoms with Crippen LogP contribution in [0.5, 0.6) is 0 Å². The largest absolute Gasteiger partial charge is 0.455 e. The van der Waals surface area contributed by atoms with E-state index in [0.717, 1.165) is 61.0 Å². The molecule has 8 aromatic carbocycles. The van der Waals surface area contributed by atoms with Crippen molar-refractivity contribution in [2.75, 3.05) is 0 Å². The fourth-order valence-corrected chi connectivity index (χ4v) is 7.87. The van der Waals surface area contributed by atoms with Gasteiger partial charge in [0.1, 0.15) is 16.7 Å². The molecule has 0 spiro atoms. The minimum atomic E-state index is 0.581. The summed E-state index contributed by atoms with van der Waals surface area (Å²) in [4.78, 5) is 5.09. The van der Waals surface area contributed by atoms with Crippen molar-refractivity contribution in [2.24, 2.45) is 0 Å². The van der Waals surface area contributed by atoms with E-state index < -0.39 is 0 Å². The first-order valence-corrected chi connectivity index (χ1v) is 17.2. The van der Waals surface area contributed by atoms with Crippen molar-refractivity contribution in [1.82, 2.24) is 9.55 Å². The van der Waals surface area contributed by atoms with Crippen LogP contribution in [0.25, 0.3) is 105 Å². The lowest BCUT2D eigenvalue weighted by molar-refractivity contribution is 0.622. The number of oxazole rings is 1. The van der Waals surface area contributed by atoms with Crippen LogP contribution in [0.2, 0.25) is 0 Å². The van der Waals surface area contributed by atoms with Crippen LogP contribution in [0.1, 0.15) is 0 Å². The van der Waals surface area contributed by atoms with Gasteiger partial charge >= 0.3 is 0 Å². The van der Waals surface area contributed by atoms with Gasteiger partial charge in [-0.15, -0.1) is 0 Å². The van der Waals surface area contributed by atoms with Gasteiger partial charge in [0, 0.05) is 33.0 Å². The number of benzene rings is 8. The second kappa shape index (κ2) is 10.8. The summed E-state index contributed by atoms with van der Waals surface area (Å²) in [5, 5.41) is 6.81. The smallest absolute Gasteiger partial charge is 0.227 e. The summed E-state index contributed by atoms with van der Waals surface area (Å²) in [7, 11) is 0. The molecular formula is C47H28N2O2. The van der Waals surface area contributed by atoms with Crippen molar-refractivity contribution in [3.8, 4) is 39.4 Å². The molecule has 51 heavy (non-hydrogen) atoms. The Bertz CT molecular complexity index is 3130. The van der Waals surface area contributed by atoms with Gasteiger partial charge in [-0.2, -0.15) is 0 Å². The summed E-state index contributed by atoms with van der Waals surface area (Å²) in [5.41, 5.74) is 12.0. The first-order valence-electron chi connectivity index (χ1n) is 17.2. The molecule has 11 aromatic rings. The van der Waals surface area contributed by atoms with E-state index >= 15 is 0 Å². The number of rotatable bonds is 4. The number of hydrogen-bond acceptors (Lipinski definition) is 3. The Hall–Kier alpha value is -6.91. The van der Waals surface area contributed by atoms with Crippen molar-refractivity contribution in [1.29, 1.82) is 0 Å². The zero-order chi connectivity index (χ0) is 33.5. The van der Waals surface area contributed by atoms with E-state index in [1.165, 1.54) is 38.1 Å². The highest BCUT2D eigenvalue weighted by atomic mass is 16.4. The van der Waals surface area contributed by atoms with Crippen LogP contribution in [0, 0.1) is 0 Å². The fourth-order valence-electron chi connectivity index (χ4n) is 7.87. The molecule has 0 aliphatic heterocycles. The normalized spacial score (nSPS) is 11.9. The van der Waals surface area contributed by atoms with Crippen LogP contribution in [0.3, 0.4) is 0 Å². The first kappa shape index (κ1) is 28.0. The van der Waals surface area contributed by atoms with Crippen molar-refractivity contribution in [3.05, 3.63) is 170 Å². The molecule has 0 aliphatic rings. The standard InChI is InChI=1S/C47H28N2O2/c1-2-13-34(14-3-1)49-40-18-8-6-15-36(40)43-35(17-10-19-41(43)49)30-22-24-31(25-23-30)47-48-39-28-38(33-26-21-29-11-4-5-12-32(29)27-33)45-44(46(39)51-47)37-16-7-9-20-42(37)50-45/h1-28H. The maximum atomic E-state index is 6.65.